The van der Waals surface area contributed by atoms with Crippen LogP contribution in [0.25, 0.3) is 0 Å². The van der Waals surface area contributed by atoms with Gasteiger partial charge in [0, 0.05) is 50.5 Å². The lowest BCUT2D eigenvalue weighted by Crippen LogP contribution is -2.53. The highest BCUT2D eigenvalue weighted by atomic mass is 35.5. The van der Waals surface area contributed by atoms with E-state index in [4.69, 9.17) is 20.8 Å². The molecule has 2 aliphatic heterocycles. The number of nitrogens with zero attached hydrogens (tertiary/aromatic N) is 3. The molecule has 0 spiro atoms. The zero-order valence-electron chi connectivity index (χ0n) is 19.1. The average molecular weight is 487 g/mol. The van der Waals surface area contributed by atoms with E-state index >= 15 is 0 Å². The second-order valence-electron chi connectivity index (χ2n) is 8.09. The molecule has 0 aliphatic carbocycles. The average Bonchev–Trinajstić information content (AvgIpc) is 3.37. The highest BCUT2D eigenvalue weighted by Crippen LogP contribution is 2.34. The van der Waals surface area contributed by atoms with Gasteiger partial charge in [0.2, 0.25) is 0 Å². The summed E-state index contributed by atoms with van der Waals surface area (Å²) in [6.07, 6.45) is 1.48. The molecule has 1 N–H and O–H groups in total. The highest BCUT2D eigenvalue weighted by Gasteiger charge is 2.38. The van der Waals surface area contributed by atoms with E-state index in [1.54, 1.807) is 49.2 Å². The van der Waals surface area contributed by atoms with Gasteiger partial charge >= 0.3 is 12.0 Å². The first kappa shape index (κ1) is 23.8. The van der Waals surface area contributed by atoms with Crippen molar-refractivity contribution < 1.29 is 23.5 Å². The summed E-state index contributed by atoms with van der Waals surface area (Å²) in [6.45, 7) is 4.47. The molecule has 1 aromatic carbocycles. The number of likely N-dealkylation sites (N-methyl/N-ethyl adjacent to an activating group) is 1. The Hall–Kier alpha value is -3.30. The third-order valence-electron chi connectivity index (χ3n) is 6.05. The first-order valence-corrected chi connectivity index (χ1v) is 11.5. The van der Waals surface area contributed by atoms with E-state index < -0.39 is 12.0 Å². The lowest BCUT2D eigenvalue weighted by atomic mass is 9.94. The quantitative estimate of drug-likeness (QED) is 0.631. The van der Waals surface area contributed by atoms with Crippen molar-refractivity contribution in [3.63, 3.8) is 0 Å². The molecule has 180 valence electrons. The Morgan fingerprint density at radius 2 is 1.88 bits per heavy atom. The molecule has 0 unspecified atom stereocenters. The van der Waals surface area contributed by atoms with Gasteiger partial charge in [-0.3, -0.25) is 14.6 Å². The topological polar surface area (TPSA) is 95.3 Å². The van der Waals surface area contributed by atoms with Crippen molar-refractivity contribution in [2.75, 3.05) is 46.4 Å². The van der Waals surface area contributed by atoms with E-state index in [1.165, 1.54) is 11.2 Å². The summed E-state index contributed by atoms with van der Waals surface area (Å²) in [5.74, 6) is -0.336. The van der Waals surface area contributed by atoms with E-state index in [9.17, 15) is 14.4 Å². The molecular weight excluding hydrogens is 460 g/mol. The molecule has 10 heteroatoms. The van der Waals surface area contributed by atoms with Crippen molar-refractivity contribution in [1.82, 2.24) is 20.0 Å². The monoisotopic (exact) mass is 486 g/mol. The first-order valence-electron chi connectivity index (χ1n) is 11.1. The van der Waals surface area contributed by atoms with Gasteiger partial charge in [-0.1, -0.05) is 29.8 Å². The molecule has 1 aromatic heterocycles. The Bertz CT molecular complexity index is 1090. The number of ether oxygens (including phenoxy) is 1. The number of furan rings is 1. The van der Waals surface area contributed by atoms with Crippen molar-refractivity contribution in [3.05, 3.63) is 70.3 Å². The molecule has 4 rings (SSSR count). The lowest BCUT2D eigenvalue weighted by Gasteiger charge is -2.39. The van der Waals surface area contributed by atoms with Crippen LogP contribution in [-0.2, 0) is 9.53 Å². The predicted octanol–water partition coefficient (Wildman–Crippen LogP) is 2.90. The van der Waals surface area contributed by atoms with Gasteiger partial charge in [0.25, 0.3) is 5.91 Å². The number of amides is 3. The molecule has 0 radical (unpaired) electrons. The van der Waals surface area contributed by atoms with Crippen LogP contribution in [0.5, 0.6) is 0 Å². The summed E-state index contributed by atoms with van der Waals surface area (Å²) in [4.78, 5) is 43.8. The second kappa shape index (κ2) is 10.3. The van der Waals surface area contributed by atoms with Crippen molar-refractivity contribution >= 4 is 29.5 Å². The maximum atomic E-state index is 13.1. The number of rotatable bonds is 6. The molecule has 1 atom stereocenters. The Kier molecular flexibility index (Phi) is 7.23. The molecule has 3 amide bonds. The van der Waals surface area contributed by atoms with Crippen LogP contribution in [-0.4, -0.2) is 79.0 Å². The standard InChI is InChI=1S/C24H27ClN4O5/c1-3-33-23(31)20-18(27(2)24(32)26-21(20)16-7-4-5-8-17(16)25)15-28-10-12-29(13-11-28)22(30)19-9-6-14-34-19/h4-9,14,21H,3,10-13,15H2,1-2H3,(H,26,32)/t21-/m0/s1. The normalized spacial score (nSPS) is 19.3. The molecule has 2 aromatic rings. The van der Waals surface area contributed by atoms with Crippen LogP contribution >= 0.6 is 11.6 Å². The fraction of sp³-hybridized carbons (Fsp3) is 0.375. The van der Waals surface area contributed by atoms with Crippen LogP contribution in [0.1, 0.15) is 29.1 Å². The summed E-state index contributed by atoms with van der Waals surface area (Å²) in [5.41, 5.74) is 1.53. The predicted molar refractivity (Wildman–Crippen MR) is 125 cm³/mol. The molecular formula is C24H27ClN4O5. The van der Waals surface area contributed by atoms with Crippen molar-refractivity contribution in [2.24, 2.45) is 0 Å². The summed E-state index contributed by atoms with van der Waals surface area (Å²) >= 11 is 6.42. The number of benzene rings is 1. The van der Waals surface area contributed by atoms with E-state index in [0.717, 1.165) is 0 Å². The van der Waals surface area contributed by atoms with Gasteiger partial charge in [-0.2, -0.15) is 0 Å². The molecule has 0 bridgehead atoms. The Balaban J connectivity index is 1.59. The lowest BCUT2D eigenvalue weighted by molar-refractivity contribution is -0.139. The molecule has 1 fully saturated rings. The smallest absolute Gasteiger partial charge is 0.338 e. The zero-order chi connectivity index (χ0) is 24.2. The first-order chi connectivity index (χ1) is 16.4. The van der Waals surface area contributed by atoms with Gasteiger partial charge in [-0.15, -0.1) is 0 Å². The second-order valence-corrected chi connectivity index (χ2v) is 8.50. The Morgan fingerprint density at radius 3 is 2.53 bits per heavy atom. The molecule has 0 saturated carbocycles. The van der Waals surface area contributed by atoms with E-state index in [0.29, 0.717) is 60.3 Å². The van der Waals surface area contributed by atoms with Crippen LogP contribution in [0.3, 0.4) is 0 Å². The minimum Gasteiger partial charge on any atom is -0.463 e. The number of nitrogens with one attached hydrogen (secondary N) is 1. The molecule has 2 aliphatic rings. The highest BCUT2D eigenvalue weighted by molar-refractivity contribution is 6.31. The van der Waals surface area contributed by atoms with Gasteiger partial charge in [0.05, 0.1) is 24.5 Å². The molecule has 3 heterocycles. The van der Waals surface area contributed by atoms with Crippen LogP contribution < -0.4 is 5.32 Å². The van der Waals surface area contributed by atoms with E-state index in [1.807, 2.05) is 6.07 Å². The van der Waals surface area contributed by atoms with Gasteiger partial charge in [-0.25, -0.2) is 9.59 Å². The summed E-state index contributed by atoms with van der Waals surface area (Å²) in [7, 11) is 1.63. The van der Waals surface area contributed by atoms with Crippen molar-refractivity contribution in [1.29, 1.82) is 0 Å². The Morgan fingerprint density at radius 1 is 1.15 bits per heavy atom. The third-order valence-corrected chi connectivity index (χ3v) is 6.40. The number of carbonyl (C=O) groups excluding carboxylic acids is 3. The maximum Gasteiger partial charge on any atom is 0.338 e. The Labute approximate surface area is 202 Å². The fourth-order valence-electron chi connectivity index (χ4n) is 4.22. The van der Waals surface area contributed by atoms with Crippen LogP contribution in [0, 0.1) is 0 Å². The van der Waals surface area contributed by atoms with Crippen LogP contribution in [0.4, 0.5) is 4.79 Å². The number of carbonyl (C=O) groups is 3. The number of piperazine rings is 1. The number of esters is 1. The minimum absolute atomic E-state index is 0.149. The fourth-order valence-corrected chi connectivity index (χ4v) is 4.46. The van der Waals surface area contributed by atoms with E-state index in [2.05, 4.69) is 10.2 Å². The SMILES string of the molecule is CCOC(=O)C1=C(CN2CCN(C(=O)c3ccco3)CC2)N(C)C(=O)N[C@H]1c1ccccc1Cl. The van der Waals surface area contributed by atoms with Gasteiger partial charge in [0.1, 0.15) is 0 Å². The van der Waals surface area contributed by atoms with Crippen LogP contribution in [0.2, 0.25) is 5.02 Å². The molecule has 1 saturated heterocycles. The molecule has 9 nitrogen and oxygen atoms in total. The molecule has 34 heavy (non-hydrogen) atoms. The number of hydrogen-bond donors (Lipinski definition) is 1. The minimum atomic E-state index is -0.728. The third kappa shape index (κ3) is 4.80. The van der Waals surface area contributed by atoms with Crippen LogP contribution in [0.15, 0.2) is 58.3 Å². The summed E-state index contributed by atoms with van der Waals surface area (Å²) in [5, 5.41) is 3.33. The number of urea groups is 1. The van der Waals surface area contributed by atoms with E-state index in [-0.39, 0.29) is 18.5 Å². The number of halogens is 1. The van der Waals surface area contributed by atoms with Gasteiger partial charge in [0.15, 0.2) is 5.76 Å². The van der Waals surface area contributed by atoms with Crippen molar-refractivity contribution in [3.8, 4) is 0 Å². The summed E-state index contributed by atoms with van der Waals surface area (Å²) < 4.78 is 10.6. The largest absolute Gasteiger partial charge is 0.463 e. The number of hydrogen-bond acceptors (Lipinski definition) is 6. The maximum absolute atomic E-state index is 13.1. The van der Waals surface area contributed by atoms with Gasteiger partial charge < -0.3 is 19.4 Å². The van der Waals surface area contributed by atoms with Gasteiger partial charge in [-0.05, 0) is 30.7 Å². The summed E-state index contributed by atoms with van der Waals surface area (Å²) in [6, 6.07) is 9.38. The zero-order valence-corrected chi connectivity index (χ0v) is 19.9. The van der Waals surface area contributed by atoms with Crippen molar-refractivity contribution in [2.45, 2.75) is 13.0 Å².